The molecule has 0 N–H and O–H groups in total. The summed E-state index contributed by atoms with van der Waals surface area (Å²) in [5.41, 5.74) is 0. The Morgan fingerprint density at radius 1 is 1.40 bits per heavy atom. The fourth-order valence-corrected chi connectivity index (χ4v) is 0. The number of carboxylic acid groups (broad SMARTS) is 1. The van der Waals surface area contributed by atoms with Crippen LogP contribution in [0, 0.1) is 57.1 Å². The molecule has 0 aromatic rings. The fraction of sp³-hybridized carbons (Fsp3) is 0.500. The van der Waals surface area contributed by atoms with E-state index in [1.165, 1.54) is 0 Å². The van der Waals surface area contributed by atoms with Gasteiger partial charge in [0.05, 0.1) is 5.09 Å². The smallest absolute Gasteiger partial charge is 0.550 e. The Kier molecular flexibility index (Phi) is 36.6. The summed E-state index contributed by atoms with van der Waals surface area (Å²) in [4.78, 5) is 17.1. The first-order valence-corrected chi connectivity index (χ1v) is 1.46. The van der Waals surface area contributed by atoms with Crippen molar-refractivity contribution in [3.63, 3.8) is 0 Å². The van der Waals surface area contributed by atoms with Crippen molar-refractivity contribution in [1.29, 1.82) is 0 Å². The molecule has 0 unspecified atom stereocenters. The Balaban J connectivity index is -0.0000000300. The normalized spacial score (nSPS) is 4.90. The van der Waals surface area contributed by atoms with Crippen molar-refractivity contribution in [3.05, 3.63) is 15.3 Å². The van der Waals surface area contributed by atoms with Crippen LogP contribution < -0.4 is 5.11 Å². The van der Waals surface area contributed by atoms with E-state index in [2.05, 4.69) is 0 Å². The second-order valence-electron chi connectivity index (χ2n) is 0.715. The zero-order valence-electron chi connectivity index (χ0n) is 4.82. The summed E-state index contributed by atoms with van der Waals surface area (Å²) < 4.78 is 0. The summed E-state index contributed by atoms with van der Waals surface area (Å²) >= 11 is 0. The molecule has 0 saturated carbocycles. The van der Waals surface area contributed by atoms with Crippen LogP contribution in [-0.4, -0.2) is 11.1 Å². The summed E-state index contributed by atoms with van der Waals surface area (Å²) in [6.07, 6.45) is 0. The van der Waals surface area contributed by atoms with Gasteiger partial charge in [-0.3, -0.25) is 0 Å². The van der Waals surface area contributed by atoms with Crippen LogP contribution >= 0.6 is 0 Å². The molecule has 0 aromatic heterocycles. The molecule has 0 spiro atoms. The molecule has 0 saturated heterocycles. The molecule has 0 aromatic carbocycles. The van der Waals surface area contributed by atoms with Crippen LogP contribution in [0.3, 0.4) is 0 Å². The van der Waals surface area contributed by atoms with Gasteiger partial charge in [0, 0.05) is 5.97 Å². The molecule has 10 heavy (non-hydrogen) atoms. The molecule has 1 radical (unpaired) electrons. The molecule has 0 amide bonds. The van der Waals surface area contributed by atoms with Gasteiger partial charge in [0.15, 0.2) is 0 Å². The van der Waals surface area contributed by atoms with E-state index in [1.807, 2.05) is 0 Å². The van der Waals surface area contributed by atoms with Crippen molar-refractivity contribution >= 4 is 5.97 Å². The average Bonchev–Trinajstić information content (AvgIpc) is 1.25. The maximum atomic E-state index is 8.89. The maximum absolute atomic E-state index is 8.89. The van der Waals surface area contributed by atoms with Crippen molar-refractivity contribution in [3.8, 4) is 0 Å². The van der Waals surface area contributed by atoms with E-state index >= 15 is 0 Å². The SMILES string of the molecule is CC(=O)[O-].O=[N+]([O-])[O-].[Ce+3].[Rh+3]. The van der Waals surface area contributed by atoms with Gasteiger partial charge in [-0.2, -0.15) is 0 Å². The van der Waals surface area contributed by atoms with Crippen molar-refractivity contribution in [2.75, 3.05) is 0 Å². The first kappa shape index (κ1) is 22.4. The van der Waals surface area contributed by atoms with Gasteiger partial charge < -0.3 is 25.2 Å². The third kappa shape index (κ3) is 1140. The van der Waals surface area contributed by atoms with Gasteiger partial charge in [0.25, 0.3) is 0 Å². The molecule has 55 valence electrons. The van der Waals surface area contributed by atoms with Crippen molar-refractivity contribution in [2.24, 2.45) is 0 Å². The molecular formula is C2H3CeNO5Rh+4. The van der Waals surface area contributed by atoms with Crippen molar-refractivity contribution < 1.29 is 76.2 Å². The van der Waals surface area contributed by atoms with Gasteiger partial charge in [0.2, 0.25) is 0 Å². The average molecular weight is 364 g/mol. The van der Waals surface area contributed by atoms with Gasteiger partial charge >= 0.3 is 61.2 Å². The zero-order chi connectivity index (χ0) is 7.15. The molecule has 8 heteroatoms. The summed E-state index contributed by atoms with van der Waals surface area (Å²) in [6.45, 7) is 0.972. The Hall–Kier alpha value is 0.670. The number of carboxylic acids is 1. The Bertz CT molecular complexity index is 77.6. The molecule has 0 heterocycles. The minimum absolute atomic E-state index is 0. The van der Waals surface area contributed by atoms with Gasteiger partial charge in [0.1, 0.15) is 0 Å². The van der Waals surface area contributed by atoms with Gasteiger partial charge in [-0.25, -0.2) is 0 Å². The van der Waals surface area contributed by atoms with E-state index in [0.29, 0.717) is 0 Å². The van der Waals surface area contributed by atoms with Gasteiger partial charge in [-0.15, -0.1) is 0 Å². The van der Waals surface area contributed by atoms with E-state index < -0.39 is 11.1 Å². The van der Waals surface area contributed by atoms with Crippen LogP contribution in [0.5, 0.6) is 0 Å². The standard InChI is InChI=1S/C2H4O2.Ce.NO3.Rh/c1-2(3)4;;2-1(3)4;/h1H3,(H,3,4);;;/q;+3;-1;+3/p-1. The predicted octanol–water partition coefficient (Wildman–Crippen LogP) is -1.49. The van der Waals surface area contributed by atoms with E-state index in [9.17, 15) is 0 Å². The zero-order valence-corrected chi connectivity index (χ0v) is 9.60. The number of aliphatic carboxylic acids is 1. The van der Waals surface area contributed by atoms with Gasteiger partial charge in [-0.1, -0.05) is 0 Å². The quantitative estimate of drug-likeness (QED) is 0.296. The Morgan fingerprint density at radius 3 is 1.40 bits per heavy atom. The third-order valence-corrected chi connectivity index (χ3v) is 0. The van der Waals surface area contributed by atoms with E-state index in [-0.39, 0.29) is 61.2 Å². The first-order chi connectivity index (χ1) is 3.46. The molecule has 0 fully saturated rings. The second-order valence-corrected chi connectivity index (χ2v) is 0.715. The topological polar surface area (TPSA) is 106 Å². The predicted molar refractivity (Wildman–Crippen MR) is 21.0 cm³/mol. The molecule has 0 atom stereocenters. The van der Waals surface area contributed by atoms with E-state index in [1.54, 1.807) is 0 Å². The number of rotatable bonds is 0. The fourth-order valence-electron chi connectivity index (χ4n) is 0. The van der Waals surface area contributed by atoms with Crippen LogP contribution in [0.2, 0.25) is 0 Å². The molecule has 0 aliphatic carbocycles. The van der Waals surface area contributed by atoms with Crippen molar-refractivity contribution in [2.45, 2.75) is 6.92 Å². The van der Waals surface area contributed by atoms with Crippen LogP contribution in [-0.2, 0) is 24.3 Å². The molecule has 0 bridgehead atoms. The summed E-state index contributed by atoms with van der Waals surface area (Å²) in [5, 5.41) is 23.6. The number of carbonyl (C=O) groups is 1. The molecule has 6 nitrogen and oxygen atoms in total. The van der Waals surface area contributed by atoms with Crippen LogP contribution in [0.25, 0.3) is 0 Å². The van der Waals surface area contributed by atoms with Crippen molar-refractivity contribution in [1.82, 2.24) is 0 Å². The number of carbonyl (C=O) groups excluding carboxylic acids is 1. The monoisotopic (exact) mass is 364 g/mol. The molecule has 0 rings (SSSR count). The molecule has 0 aliphatic heterocycles. The number of nitrogens with zero attached hydrogens (tertiary/aromatic N) is 1. The number of hydrogen-bond donors (Lipinski definition) is 0. The van der Waals surface area contributed by atoms with Crippen LogP contribution in [0.15, 0.2) is 0 Å². The Labute approximate surface area is 103 Å². The largest absolute Gasteiger partial charge is 3.00 e. The Morgan fingerprint density at radius 2 is 1.40 bits per heavy atom. The minimum Gasteiger partial charge on any atom is -0.550 e. The van der Waals surface area contributed by atoms with Gasteiger partial charge in [-0.05, 0) is 6.92 Å². The second kappa shape index (κ2) is 16.3. The van der Waals surface area contributed by atoms with E-state index in [0.717, 1.165) is 6.92 Å². The minimum atomic E-state index is -1.75. The first-order valence-electron chi connectivity index (χ1n) is 1.46. The van der Waals surface area contributed by atoms with E-state index in [4.69, 9.17) is 25.2 Å². The molecule has 0 aliphatic rings. The van der Waals surface area contributed by atoms with Crippen LogP contribution in [0.4, 0.5) is 0 Å². The number of hydrogen-bond acceptors (Lipinski definition) is 5. The summed E-state index contributed by atoms with van der Waals surface area (Å²) in [7, 11) is 0. The molecular weight excluding hydrogens is 361 g/mol. The van der Waals surface area contributed by atoms with Crippen LogP contribution in [0.1, 0.15) is 6.92 Å². The third-order valence-electron chi connectivity index (χ3n) is 0. The maximum Gasteiger partial charge on any atom is 3.00 e. The summed E-state index contributed by atoms with van der Waals surface area (Å²) in [5.74, 6) is -1.08. The summed E-state index contributed by atoms with van der Waals surface area (Å²) in [6, 6.07) is 0.